The van der Waals surface area contributed by atoms with Crippen LogP contribution in [0.5, 0.6) is 5.75 Å². The predicted molar refractivity (Wildman–Crippen MR) is 137 cm³/mol. The van der Waals surface area contributed by atoms with Crippen molar-refractivity contribution in [3.63, 3.8) is 0 Å². The number of anilines is 1. The van der Waals surface area contributed by atoms with Gasteiger partial charge in [-0.2, -0.15) is 0 Å². The van der Waals surface area contributed by atoms with Gasteiger partial charge in [-0.15, -0.1) is 16.8 Å². The van der Waals surface area contributed by atoms with Crippen LogP contribution in [0.4, 0.5) is 10.1 Å². The van der Waals surface area contributed by atoms with Gasteiger partial charge in [-0.25, -0.2) is 4.39 Å². The van der Waals surface area contributed by atoms with E-state index in [1.165, 1.54) is 23.9 Å². The number of thioether (sulfide) groups is 1. The van der Waals surface area contributed by atoms with Crippen LogP contribution < -0.4 is 9.64 Å². The average Bonchev–Trinajstić information content (AvgIpc) is 3.27. The molecule has 7 nitrogen and oxygen atoms in total. The molecule has 35 heavy (non-hydrogen) atoms. The molecule has 4 rings (SSSR count). The number of aromatic nitrogens is 3. The largest absolute Gasteiger partial charge is 0.481 e. The number of hydrogen-bond acceptors (Lipinski definition) is 6. The fourth-order valence-electron chi connectivity index (χ4n) is 3.88. The van der Waals surface area contributed by atoms with E-state index in [4.69, 9.17) is 16.3 Å². The number of halogens is 2. The van der Waals surface area contributed by atoms with Crippen LogP contribution in [0.1, 0.15) is 18.9 Å². The maximum Gasteiger partial charge on any atom is 0.233 e. The number of nitrogens with zero attached hydrogens (tertiary/aromatic N) is 5. The first kappa shape index (κ1) is 25.1. The van der Waals surface area contributed by atoms with Crippen molar-refractivity contribution in [2.24, 2.45) is 0 Å². The van der Waals surface area contributed by atoms with Gasteiger partial charge in [0, 0.05) is 38.4 Å². The van der Waals surface area contributed by atoms with Crippen molar-refractivity contribution >= 4 is 35.0 Å². The molecule has 0 bridgehead atoms. The summed E-state index contributed by atoms with van der Waals surface area (Å²) in [5, 5.41) is 9.77. The number of ether oxygens (including phenoxy) is 1. The molecule has 0 N–H and O–H groups in total. The highest BCUT2D eigenvalue weighted by Crippen LogP contribution is 2.29. The summed E-state index contributed by atoms with van der Waals surface area (Å²) in [5.74, 6) is 1.25. The first-order valence-electron chi connectivity index (χ1n) is 11.3. The Balaban J connectivity index is 1.35. The van der Waals surface area contributed by atoms with Crippen molar-refractivity contribution in [2.45, 2.75) is 24.7 Å². The lowest BCUT2D eigenvalue weighted by Gasteiger charge is -2.36. The number of carbonyl (C=O) groups is 1. The van der Waals surface area contributed by atoms with Crippen LogP contribution in [-0.4, -0.2) is 57.5 Å². The number of benzene rings is 2. The number of hydrogen-bond donors (Lipinski definition) is 0. The van der Waals surface area contributed by atoms with E-state index in [2.05, 4.69) is 21.7 Å². The van der Waals surface area contributed by atoms with E-state index in [9.17, 15) is 9.18 Å². The Bertz CT molecular complexity index is 1160. The van der Waals surface area contributed by atoms with Gasteiger partial charge in [-0.1, -0.05) is 41.6 Å². The maximum absolute atomic E-state index is 13.2. The minimum absolute atomic E-state index is 0.0452. The molecule has 1 unspecified atom stereocenters. The summed E-state index contributed by atoms with van der Waals surface area (Å²) < 4.78 is 21.1. The van der Waals surface area contributed by atoms with E-state index in [1.54, 1.807) is 30.3 Å². The maximum atomic E-state index is 13.2. The second-order valence-corrected chi connectivity index (χ2v) is 9.41. The van der Waals surface area contributed by atoms with Crippen LogP contribution in [0.3, 0.4) is 0 Å². The van der Waals surface area contributed by atoms with Crippen molar-refractivity contribution in [1.82, 2.24) is 19.7 Å². The zero-order chi connectivity index (χ0) is 24.8. The van der Waals surface area contributed by atoms with Crippen LogP contribution in [0.25, 0.3) is 0 Å². The monoisotopic (exact) mass is 515 g/mol. The molecule has 184 valence electrons. The molecule has 2 heterocycles. The Kier molecular flexibility index (Phi) is 8.30. The van der Waals surface area contributed by atoms with Crippen LogP contribution in [-0.2, 0) is 11.3 Å². The van der Waals surface area contributed by atoms with E-state index in [0.29, 0.717) is 54.5 Å². The van der Waals surface area contributed by atoms with E-state index in [1.807, 2.05) is 28.5 Å². The molecule has 0 spiro atoms. The number of allylic oxidation sites excluding steroid dienone is 1. The number of para-hydroxylation sites is 1. The molecule has 0 radical (unpaired) electrons. The SMILES string of the molecule is C=CCn1c(SCC(=O)N2CCN(c3ccc(F)cc3)CC2)nnc1C(C)Oc1ccccc1Cl. The fraction of sp³-hybridized carbons (Fsp3) is 0.320. The van der Waals surface area contributed by atoms with E-state index in [-0.39, 0.29) is 17.5 Å². The molecule has 1 atom stereocenters. The third-order valence-electron chi connectivity index (χ3n) is 5.71. The number of carbonyl (C=O) groups excluding carboxylic acids is 1. The highest BCUT2D eigenvalue weighted by atomic mass is 35.5. The van der Waals surface area contributed by atoms with Crippen molar-refractivity contribution < 1.29 is 13.9 Å². The highest BCUT2D eigenvalue weighted by Gasteiger charge is 2.24. The van der Waals surface area contributed by atoms with Gasteiger partial charge < -0.3 is 14.5 Å². The number of piperazine rings is 1. The summed E-state index contributed by atoms with van der Waals surface area (Å²) >= 11 is 7.57. The predicted octanol–water partition coefficient (Wildman–Crippen LogP) is 4.84. The van der Waals surface area contributed by atoms with Crippen molar-refractivity contribution in [2.75, 3.05) is 36.8 Å². The Hall–Kier alpha value is -3.04. The second-order valence-electron chi connectivity index (χ2n) is 8.06. The van der Waals surface area contributed by atoms with Crippen molar-refractivity contribution in [3.05, 3.63) is 77.9 Å². The normalized spacial score (nSPS) is 14.6. The topological polar surface area (TPSA) is 63.5 Å². The number of rotatable bonds is 9. The summed E-state index contributed by atoms with van der Waals surface area (Å²) in [7, 11) is 0. The Morgan fingerprint density at radius 2 is 1.89 bits per heavy atom. The molecule has 10 heteroatoms. The molecule has 1 amide bonds. The first-order valence-corrected chi connectivity index (χ1v) is 12.7. The fourth-order valence-corrected chi connectivity index (χ4v) is 4.91. The van der Waals surface area contributed by atoms with Gasteiger partial charge in [0.05, 0.1) is 10.8 Å². The Labute approximate surface area is 213 Å². The van der Waals surface area contributed by atoms with E-state index >= 15 is 0 Å². The Morgan fingerprint density at radius 1 is 1.17 bits per heavy atom. The van der Waals surface area contributed by atoms with Crippen LogP contribution in [0, 0.1) is 5.82 Å². The van der Waals surface area contributed by atoms with Gasteiger partial charge in [-0.3, -0.25) is 9.36 Å². The molecule has 2 aromatic carbocycles. The number of amides is 1. The lowest BCUT2D eigenvalue weighted by Crippen LogP contribution is -2.49. The zero-order valence-electron chi connectivity index (χ0n) is 19.4. The second kappa shape index (κ2) is 11.6. The minimum Gasteiger partial charge on any atom is -0.481 e. The molecule has 1 fully saturated rings. The molecule has 1 aliphatic rings. The standard InChI is InChI=1S/C25H27ClFN5O2S/c1-3-12-32-24(18(2)34-22-7-5-4-6-21(22)26)28-29-25(32)35-17-23(33)31-15-13-30(14-16-31)20-10-8-19(27)9-11-20/h3-11,18H,1,12-17H2,2H3. The highest BCUT2D eigenvalue weighted by molar-refractivity contribution is 7.99. The first-order chi connectivity index (χ1) is 17.0. The lowest BCUT2D eigenvalue weighted by molar-refractivity contribution is -0.128. The molecular formula is C25H27ClFN5O2S. The summed E-state index contributed by atoms with van der Waals surface area (Å²) in [6.07, 6.45) is 1.36. The third-order valence-corrected chi connectivity index (χ3v) is 6.97. The molecule has 0 saturated carbocycles. The smallest absolute Gasteiger partial charge is 0.233 e. The van der Waals surface area contributed by atoms with Crippen LogP contribution >= 0.6 is 23.4 Å². The van der Waals surface area contributed by atoms with Crippen LogP contribution in [0.2, 0.25) is 5.02 Å². The minimum atomic E-state index is -0.396. The average molecular weight is 516 g/mol. The van der Waals surface area contributed by atoms with Crippen molar-refractivity contribution in [1.29, 1.82) is 0 Å². The van der Waals surface area contributed by atoms with E-state index in [0.717, 1.165) is 5.69 Å². The molecule has 1 aliphatic heterocycles. The van der Waals surface area contributed by atoms with Crippen LogP contribution in [0.15, 0.2) is 66.3 Å². The van der Waals surface area contributed by atoms with Gasteiger partial charge in [-0.05, 0) is 43.3 Å². The third kappa shape index (κ3) is 6.15. The summed E-state index contributed by atoms with van der Waals surface area (Å²) in [4.78, 5) is 16.9. The summed E-state index contributed by atoms with van der Waals surface area (Å²) in [5.41, 5.74) is 0.964. The van der Waals surface area contributed by atoms with Crippen molar-refractivity contribution in [3.8, 4) is 5.75 Å². The van der Waals surface area contributed by atoms with Gasteiger partial charge in [0.1, 0.15) is 11.6 Å². The summed E-state index contributed by atoms with van der Waals surface area (Å²) in [6, 6.07) is 13.7. The molecule has 1 saturated heterocycles. The molecule has 0 aliphatic carbocycles. The van der Waals surface area contributed by atoms with Gasteiger partial charge in [0.2, 0.25) is 5.91 Å². The Morgan fingerprint density at radius 3 is 2.57 bits per heavy atom. The zero-order valence-corrected chi connectivity index (χ0v) is 21.0. The van der Waals surface area contributed by atoms with E-state index < -0.39 is 6.10 Å². The van der Waals surface area contributed by atoms with Gasteiger partial charge in [0.25, 0.3) is 0 Å². The quantitative estimate of drug-likeness (QED) is 0.300. The van der Waals surface area contributed by atoms with Gasteiger partial charge >= 0.3 is 0 Å². The molecular weight excluding hydrogens is 489 g/mol. The molecule has 3 aromatic rings. The molecule has 1 aromatic heterocycles. The summed E-state index contributed by atoms with van der Waals surface area (Å²) in [6.45, 7) is 8.84. The van der Waals surface area contributed by atoms with Gasteiger partial charge in [0.15, 0.2) is 17.1 Å². The lowest BCUT2D eigenvalue weighted by atomic mass is 10.2.